The zero-order chi connectivity index (χ0) is 11.3. The molecule has 8 heteroatoms. The summed E-state index contributed by atoms with van der Waals surface area (Å²) in [5.41, 5.74) is 0.237. The summed E-state index contributed by atoms with van der Waals surface area (Å²) >= 11 is 5.16. The lowest BCUT2D eigenvalue weighted by Gasteiger charge is -2.00. The summed E-state index contributed by atoms with van der Waals surface area (Å²) in [5, 5.41) is -0.754. The Morgan fingerprint density at radius 1 is 1.20 bits per heavy atom. The van der Waals surface area contributed by atoms with E-state index in [1.54, 1.807) is 0 Å². The monoisotopic (exact) mass is 262 g/mol. The van der Waals surface area contributed by atoms with Crippen molar-refractivity contribution in [3.63, 3.8) is 0 Å². The van der Waals surface area contributed by atoms with E-state index in [9.17, 15) is 13.2 Å². The predicted octanol–water partition coefficient (Wildman–Crippen LogP) is 2.12. The van der Waals surface area contributed by atoms with Crippen LogP contribution in [0, 0.1) is 0 Å². The molecule has 5 nitrogen and oxygen atoms in total. The number of rotatable bonds is 3. The molecule has 0 N–H and O–H groups in total. The number of nitrogens with zero attached hydrogens (tertiary/aromatic N) is 2. The standard InChI is InChI=1S/C7H3ClN2O3S2/c8-7(11)4-2-1-3-5(9-14-12)6(4)10-15-13/h1-3H. The molecule has 1 aromatic rings. The highest BCUT2D eigenvalue weighted by Gasteiger charge is 2.12. The van der Waals surface area contributed by atoms with Gasteiger partial charge in [-0.3, -0.25) is 4.79 Å². The summed E-state index contributed by atoms with van der Waals surface area (Å²) in [5.74, 6) is 0. The van der Waals surface area contributed by atoms with Gasteiger partial charge in [0.25, 0.3) is 5.24 Å². The highest BCUT2D eigenvalue weighted by molar-refractivity contribution is 7.55. The zero-order valence-electron chi connectivity index (χ0n) is 7.05. The second-order valence-corrected chi connectivity index (χ2v) is 3.29. The largest absolute Gasteiger partial charge is 0.276 e. The Morgan fingerprint density at radius 2 is 1.87 bits per heavy atom. The molecule has 0 aliphatic rings. The molecule has 1 aromatic carbocycles. The first kappa shape index (κ1) is 11.9. The average Bonchev–Trinajstić information content (AvgIpc) is 2.21. The first-order valence-electron chi connectivity index (χ1n) is 3.53. The van der Waals surface area contributed by atoms with E-state index < -0.39 is 5.24 Å². The van der Waals surface area contributed by atoms with Crippen LogP contribution in [-0.4, -0.2) is 13.7 Å². The molecule has 0 saturated carbocycles. The van der Waals surface area contributed by atoms with Crippen molar-refractivity contribution >= 4 is 51.1 Å². The Balaban J connectivity index is 3.54. The van der Waals surface area contributed by atoms with E-state index in [0.717, 1.165) is 0 Å². The maximum atomic E-state index is 11.0. The number of hydrogen-bond acceptors (Lipinski definition) is 5. The third kappa shape index (κ3) is 2.88. The molecule has 1 rings (SSSR count). The second-order valence-electron chi connectivity index (χ2n) is 2.28. The first-order valence-corrected chi connectivity index (χ1v) is 5.31. The van der Waals surface area contributed by atoms with Crippen molar-refractivity contribution in [1.82, 2.24) is 0 Å². The summed E-state index contributed by atoms with van der Waals surface area (Å²) in [7, 11) is 0. The molecule has 15 heavy (non-hydrogen) atoms. The SMILES string of the molecule is O=S=Nc1cccc(C(=O)Cl)c1N=S=O. The van der Waals surface area contributed by atoms with Crippen molar-refractivity contribution in [2.75, 3.05) is 0 Å². The van der Waals surface area contributed by atoms with E-state index >= 15 is 0 Å². The van der Waals surface area contributed by atoms with Gasteiger partial charge < -0.3 is 0 Å². The van der Waals surface area contributed by atoms with Crippen molar-refractivity contribution in [3.8, 4) is 0 Å². The van der Waals surface area contributed by atoms with E-state index in [2.05, 4.69) is 8.73 Å². The Morgan fingerprint density at radius 3 is 2.40 bits per heavy atom. The van der Waals surface area contributed by atoms with Gasteiger partial charge >= 0.3 is 0 Å². The highest BCUT2D eigenvalue weighted by atomic mass is 35.5. The smallest absolute Gasteiger partial charge is 0.254 e. The normalized spacial score (nSPS) is 9.13. The number of halogens is 1. The predicted molar refractivity (Wildman–Crippen MR) is 57.1 cm³/mol. The third-order valence-corrected chi connectivity index (χ3v) is 2.22. The lowest BCUT2D eigenvalue weighted by Crippen LogP contribution is -1.88. The number of benzene rings is 1. The lowest BCUT2D eigenvalue weighted by molar-refractivity contribution is 0.108. The molecule has 0 atom stereocenters. The summed E-state index contributed by atoms with van der Waals surface area (Å²) < 4.78 is 27.5. The summed E-state index contributed by atoms with van der Waals surface area (Å²) in [4.78, 5) is 11.0. The van der Waals surface area contributed by atoms with Crippen LogP contribution in [0.2, 0.25) is 0 Å². The van der Waals surface area contributed by atoms with Gasteiger partial charge in [0.2, 0.25) is 22.9 Å². The van der Waals surface area contributed by atoms with E-state index in [0.29, 0.717) is 0 Å². The van der Waals surface area contributed by atoms with Crippen LogP contribution in [0.4, 0.5) is 11.4 Å². The number of hydrogen-bond donors (Lipinski definition) is 0. The Bertz CT molecular complexity index is 487. The minimum absolute atomic E-state index is 0.0286. The Hall–Kier alpha value is -1.18. The molecule has 0 amide bonds. The zero-order valence-corrected chi connectivity index (χ0v) is 9.43. The lowest BCUT2D eigenvalue weighted by atomic mass is 10.2. The van der Waals surface area contributed by atoms with Gasteiger partial charge in [-0.1, -0.05) is 6.07 Å². The van der Waals surface area contributed by atoms with Crippen LogP contribution < -0.4 is 0 Å². The van der Waals surface area contributed by atoms with Gasteiger partial charge in [-0.2, -0.15) is 17.1 Å². The molecule has 0 heterocycles. The van der Waals surface area contributed by atoms with Crippen LogP contribution in [0.5, 0.6) is 0 Å². The summed E-state index contributed by atoms with van der Waals surface area (Å²) in [6.45, 7) is 0. The van der Waals surface area contributed by atoms with Crippen LogP contribution in [0.3, 0.4) is 0 Å². The molecule has 0 aliphatic carbocycles. The van der Waals surface area contributed by atoms with Gasteiger partial charge in [0.05, 0.1) is 5.56 Å². The summed E-state index contributed by atoms with van der Waals surface area (Å²) in [6.07, 6.45) is 0. The molecule has 78 valence electrons. The van der Waals surface area contributed by atoms with Gasteiger partial charge in [-0.25, -0.2) is 0 Å². The molecular weight excluding hydrogens is 260 g/mol. The topological polar surface area (TPSA) is 75.9 Å². The van der Waals surface area contributed by atoms with E-state index in [1.165, 1.54) is 18.2 Å². The van der Waals surface area contributed by atoms with Crippen molar-refractivity contribution in [2.45, 2.75) is 0 Å². The van der Waals surface area contributed by atoms with Gasteiger partial charge in [-0.15, -0.1) is 0 Å². The van der Waals surface area contributed by atoms with Gasteiger partial charge in [0.15, 0.2) is 0 Å². The second kappa shape index (κ2) is 5.64. The maximum Gasteiger partial charge on any atom is 0.254 e. The number of carbonyl (C=O) groups excluding carboxylic acids is 1. The fourth-order valence-corrected chi connectivity index (χ4v) is 1.58. The molecule has 0 saturated heterocycles. The van der Waals surface area contributed by atoms with E-state index in [-0.39, 0.29) is 39.9 Å². The fraction of sp³-hybridized carbons (Fsp3) is 0. The average molecular weight is 263 g/mol. The molecule has 0 bridgehead atoms. The van der Waals surface area contributed by atoms with Crippen molar-refractivity contribution in [1.29, 1.82) is 0 Å². The Labute approximate surface area is 96.9 Å². The maximum absolute atomic E-state index is 11.0. The molecule has 0 aromatic heterocycles. The van der Waals surface area contributed by atoms with Crippen molar-refractivity contribution in [3.05, 3.63) is 23.8 Å². The van der Waals surface area contributed by atoms with Crippen LogP contribution in [0.25, 0.3) is 0 Å². The molecule has 0 radical (unpaired) electrons. The van der Waals surface area contributed by atoms with Gasteiger partial charge in [0, 0.05) is 0 Å². The highest BCUT2D eigenvalue weighted by Crippen LogP contribution is 2.32. The minimum Gasteiger partial charge on any atom is -0.276 e. The van der Waals surface area contributed by atoms with E-state index in [1.807, 2.05) is 0 Å². The quantitative estimate of drug-likeness (QED) is 0.783. The van der Waals surface area contributed by atoms with Crippen molar-refractivity contribution in [2.24, 2.45) is 8.73 Å². The van der Waals surface area contributed by atoms with Crippen LogP contribution in [-0.2, 0) is 22.9 Å². The minimum atomic E-state index is -0.754. The molecule has 0 aliphatic heterocycles. The van der Waals surface area contributed by atoms with Crippen molar-refractivity contribution < 1.29 is 13.2 Å². The van der Waals surface area contributed by atoms with Crippen LogP contribution >= 0.6 is 11.6 Å². The molecule has 0 fully saturated rings. The molecular formula is C7H3ClN2O3S2. The van der Waals surface area contributed by atoms with Crippen LogP contribution in [0.1, 0.15) is 10.4 Å². The molecule has 0 unspecified atom stereocenters. The first-order chi connectivity index (χ1) is 7.20. The fourth-order valence-electron chi connectivity index (χ4n) is 0.937. The number of carbonyl (C=O) groups is 1. The van der Waals surface area contributed by atoms with Gasteiger partial charge in [-0.05, 0) is 23.7 Å². The van der Waals surface area contributed by atoms with Crippen LogP contribution in [0.15, 0.2) is 26.9 Å². The van der Waals surface area contributed by atoms with E-state index in [4.69, 9.17) is 11.6 Å². The summed E-state index contributed by atoms with van der Waals surface area (Å²) in [6, 6.07) is 4.36. The molecule has 0 spiro atoms. The van der Waals surface area contributed by atoms with Gasteiger partial charge in [0.1, 0.15) is 11.4 Å². The third-order valence-electron chi connectivity index (χ3n) is 1.49. The Kier molecular flexibility index (Phi) is 4.47.